The Morgan fingerprint density at radius 1 is 0.973 bits per heavy atom. The predicted octanol–water partition coefficient (Wildman–Crippen LogP) is 7.95. The first-order valence-corrected chi connectivity index (χ1v) is 12.1. The average Bonchev–Trinajstić information content (AvgIpc) is 3.41. The quantitative estimate of drug-likeness (QED) is 0.241. The Balaban J connectivity index is 1.55. The van der Waals surface area contributed by atoms with Crippen molar-refractivity contribution in [3.05, 3.63) is 93.2 Å². The molecule has 0 radical (unpaired) electrons. The summed E-state index contributed by atoms with van der Waals surface area (Å²) >= 11 is 24.6. The van der Waals surface area contributed by atoms with Crippen LogP contribution < -0.4 is 10.2 Å². The molecule has 4 nitrogen and oxygen atoms in total. The Hall–Kier alpha value is -2.52. The fourth-order valence-corrected chi connectivity index (χ4v) is 5.24. The number of carbonyl (C=O) groups excluding carboxylic acids is 2. The lowest BCUT2D eigenvalue weighted by atomic mass is 10.0. The molecule has 0 heterocycles. The summed E-state index contributed by atoms with van der Waals surface area (Å²) in [6, 6.07) is 12.3. The van der Waals surface area contributed by atoms with Crippen LogP contribution in [0.25, 0.3) is 0 Å². The smallest absolute Gasteiger partial charge is 0.326 e. The van der Waals surface area contributed by atoms with E-state index >= 15 is 0 Å². The molecule has 1 aliphatic rings. The van der Waals surface area contributed by atoms with E-state index in [0.29, 0.717) is 5.69 Å². The molecule has 0 saturated heterocycles. The SMILES string of the molecule is CN(C(=O)c1cc(NC(=O)C2C(c3cc(Cl)cc(C(F)(F)F)c3)C2(Cl)Cl)ccc1Cl)c1ccc(F)cc1. The first-order valence-electron chi connectivity index (χ1n) is 10.6. The molecule has 12 heteroatoms. The summed E-state index contributed by atoms with van der Waals surface area (Å²) in [6.07, 6.45) is -4.65. The number of anilines is 2. The highest BCUT2D eigenvalue weighted by Gasteiger charge is 2.67. The van der Waals surface area contributed by atoms with E-state index in [1.54, 1.807) is 0 Å². The van der Waals surface area contributed by atoms with Gasteiger partial charge in [0.05, 0.1) is 22.1 Å². The van der Waals surface area contributed by atoms with Gasteiger partial charge in [-0.15, -0.1) is 23.2 Å². The highest BCUT2D eigenvalue weighted by atomic mass is 35.5. The zero-order valence-corrected chi connectivity index (χ0v) is 21.7. The minimum atomic E-state index is -4.65. The van der Waals surface area contributed by atoms with E-state index in [9.17, 15) is 27.2 Å². The van der Waals surface area contributed by atoms with E-state index in [-0.39, 0.29) is 26.9 Å². The molecule has 1 fully saturated rings. The van der Waals surface area contributed by atoms with Crippen molar-refractivity contribution in [2.24, 2.45) is 5.92 Å². The number of hydrogen-bond donors (Lipinski definition) is 1. The molecule has 0 spiro atoms. The molecule has 4 rings (SSSR count). The second-order valence-electron chi connectivity index (χ2n) is 8.43. The van der Waals surface area contributed by atoms with Gasteiger partial charge in [-0.3, -0.25) is 9.59 Å². The number of nitrogens with one attached hydrogen (secondary N) is 1. The van der Waals surface area contributed by atoms with Crippen LogP contribution in [0.4, 0.5) is 28.9 Å². The fourth-order valence-electron chi connectivity index (χ4n) is 3.97. The van der Waals surface area contributed by atoms with Crippen LogP contribution in [-0.2, 0) is 11.0 Å². The summed E-state index contributed by atoms with van der Waals surface area (Å²) in [5, 5.41) is 2.51. The molecule has 194 valence electrons. The molecule has 2 atom stereocenters. The molecule has 3 aromatic carbocycles. The minimum Gasteiger partial charge on any atom is -0.326 e. The van der Waals surface area contributed by atoms with Crippen LogP contribution in [0.3, 0.4) is 0 Å². The minimum absolute atomic E-state index is 0.0475. The number of benzene rings is 3. The maximum Gasteiger partial charge on any atom is 0.416 e. The Morgan fingerprint density at radius 2 is 1.62 bits per heavy atom. The molecule has 1 saturated carbocycles. The Morgan fingerprint density at radius 3 is 2.24 bits per heavy atom. The number of alkyl halides is 5. The highest BCUT2D eigenvalue weighted by molar-refractivity contribution is 6.53. The lowest BCUT2D eigenvalue weighted by molar-refractivity contribution is -0.137. The maximum atomic E-state index is 13.2. The van der Waals surface area contributed by atoms with Crippen molar-refractivity contribution in [2.75, 3.05) is 17.3 Å². The van der Waals surface area contributed by atoms with Crippen molar-refractivity contribution >= 4 is 69.6 Å². The maximum absolute atomic E-state index is 13.2. The summed E-state index contributed by atoms with van der Waals surface area (Å²) in [6.45, 7) is 0. The van der Waals surface area contributed by atoms with Gasteiger partial charge in [0.25, 0.3) is 5.91 Å². The monoisotopic (exact) mass is 592 g/mol. The lowest BCUT2D eigenvalue weighted by Crippen LogP contribution is -2.26. The first-order chi connectivity index (χ1) is 17.2. The van der Waals surface area contributed by atoms with Crippen LogP contribution in [-0.4, -0.2) is 23.2 Å². The van der Waals surface area contributed by atoms with Crippen molar-refractivity contribution in [1.29, 1.82) is 0 Å². The van der Waals surface area contributed by atoms with Gasteiger partial charge in [0.2, 0.25) is 5.91 Å². The third-order valence-corrected chi connectivity index (χ3v) is 7.41. The summed E-state index contributed by atoms with van der Waals surface area (Å²) < 4.78 is 51.2. The van der Waals surface area contributed by atoms with Crippen molar-refractivity contribution in [3.8, 4) is 0 Å². The van der Waals surface area contributed by atoms with Gasteiger partial charge < -0.3 is 10.2 Å². The van der Waals surface area contributed by atoms with Crippen molar-refractivity contribution in [1.82, 2.24) is 0 Å². The topological polar surface area (TPSA) is 49.4 Å². The first kappa shape index (κ1) is 27.5. The normalized spacial score (nSPS) is 18.3. The Labute approximate surface area is 229 Å². The van der Waals surface area contributed by atoms with Gasteiger partial charge >= 0.3 is 6.18 Å². The van der Waals surface area contributed by atoms with Gasteiger partial charge in [-0.05, 0) is 66.2 Å². The van der Waals surface area contributed by atoms with Gasteiger partial charge in [0.15, 0.2) is 0 Å². The zero-order chi connectivity index (χ0) is 27.3. The second-order valence-corrected chi connectivity index (χ2v) is 10.7. The predicted molar refractivity (Wildman–Crippen MR) is 136 cm³/mol. The van der Waals surface area contributed by atoms with Crippen molar-refractivity contribution in [2.45, 2.75) is 16.4 Å². The molecular formula is C25H16Cl4F4N2O2. The second kappa shape index (κ2) is 9.98. The largest absolute Gasteiger partial charge is 0.416 e. The molecule has 2 amide bonds. The van der Waals surface area contributed by atoms with Crippen molar-refractivity contribution < 1.29 is 27.2 Å². The summed E-state index contributed by atoms with van der Waals surface area (Å²) in [7, 11) is 1.47. The van der Waals surface area contributed by atoms with Gasteiger partial charge in [0, 0.05) is 29.4 Å². The summed E-state index contributed by atoms with van der Waals surface area (Å²) in [4.78, 5) is 27.3. The Kier molecular flexibility index (Phi) is 7.42. The third-order valence-electron chi connectivity index (χ3n) is 5.93. The fraction of sp³-hybridized carbons (Fsp3) is 0.200. The van der Waals surface area contributed by atoms with Crippen LogP contribution >= 0.6 is 46.4 Å². The number of halogens is 8. The number of rotatable bonds is 5. The van der Waals surface area contributed by atoms with E-state index in [1.807, 2.05) is 0 Å². The molecule has 0 aromatic heterocycles. The third kappa shape index (κ3) is 5.67. The number of amides is 2. The van der Waals surface area contributed by atoms with E-state index in [2.05, 4.69) is 5.32 Å². The molecule has 2 unspecified atom stereocenters. The molecule has 3 aromatic rings. The molecule has 0 bridgehead atoms. The standard InChI is InChI=1S/C25H16Cl4F4N2O2/c1-35(17-5-2-15(30)3-6-17)23(37)18-11-16(4-7-19(18)27)34-22(36)21-20(24(21,28)29)12-8-13(25(31,32)33)10-14(26)9-12/h2-11,20-21H,1H3,(H,34,36). The van der Waals surface area contributed by atoms with E-state index in [4.69, 9.17) is 46.4 Å². The highest BCUT2D eigenvalue weighted by Crippen LogP contribution is 2.65. The van der Waals surface area contributed by atoms with Crippen LogP contribution in [0.1, 0.15) is 27.4 Å². The van der Waals surface area contributed by atoms with Crippen LogP contribution in [0, 0.1) is 11.7 Å². The van der Waals surface area contributed by atoms with Crippen LogP contribution in [0.5, 0.6) is 0 Å². The van der Waals surface area contributed by atoms with Gasteiger partial charge in [-0.25, -0.2) is 4.39 Å². The molecular weight excluding hydrogens is 578 g/mol. The van der Waals surface area contributed by atoms with E-state index in [1.165, 1.54) is 60.5 Å². The molecule has 37 heavy (non-hydrogen) atoms. The molecule has 1 N–H and O–H groups in total. The summed E-state index contributed by atoms with van der Waals surface area (Å²) in [5.41, 5.74) is -0.283. The van der Waals surface area contributed by atoms with Crippen LogP contribution in [0.2, 0.25) is 10.0 Å². The summed E-state index contributed by atoms with van der Waals surface area (Å²) in [5.74, 6) is -3.70. The number of nitrogens with zero attached hydrogens (tertiary/aromatic N) is 1. The zero-order valence-electron chi connectivity index (χ0n) is 18.7. The van der Waals surface area contributed by atoms with Crippen molar-refractivity contribution in [3.63, 3.8) is 0 Å². The van der Waals surface area contributed by atoms with Gasteiger partial charge in [-0.1, -0.05) is 23.2 Å². The number of hydrogen-bond acceptors (Lipinski definition) is 2. The van der Waals surface area contributed by atoms with E-state index in [0.717, 1.165) is 12.1 Å². The molecule has 0 aliphatic heterocycles. The lowest BCUT2D eigenvalue weighted by Gasteiger charge is -2.18. The Bertz CT molecular complexity index is 1380. The number of carbonyl (C=O) groups is 2. The van der Waals surface area contributed by atoms with Gasteiger partial charge in [0.1, 0.15) is 10.2 Å². The average molecular weight is 594 g/mol. The van der Waals surface area contributed by atoms with Crippen LogP contribution in [0.15, 0.2) is 60.7 Å². The molecule has 1 aliphatic carbocycles. The van der Waals surface area contributed by atoms with Gasteiger partial charge in [-0.2, -0.15) is 13.2 Å². The van der Waals surface area contributed by atoms with E-state index < -0.39 is 45.5 Å².